The van der Waals surface area contributed by atoms with Crippen LogP contribution < -0.4 is 5.32 Å². The zero-order chi connectivity index (χ0) is 14.7. The monoisotopic (exact) mass is 314 g/mol. The lowest BCUT2D eigenvalue weighted by Gasteiger charge is -2.24. The van der Waals surface area contributed by atoms with Gasteiger partial charge in [0.25, 0.3) is 0 Å². The van der Waals surface area contributed by atoms with Crippen molar-refractivity contribution in [2.45, 2.75) is 32.2 Å². The number of nitrogens with zero attached hydrogens (tertiary/aromatic N) is 1. The maximum absolute atomic E-state index is 12.3. The summed E-state index contributed by atoms with van der Waals surface area (Å²) >= 11 is 11.9. The second kappa shape index (κ2) is 6.46. The predicted molar refractivity (Wildman–Crippen MR) is 80.5 cm³/mol. The number of benzene rings is 1. The molecule has 108 valence electrons. The molecule has 1 aromatic carbocycles. The lowest BCUT2D eigenvalue weighted by atomic mass is 10.1. The molecule has 1 saturated heterocycles. The van der Waals surface area contributed by atoms with Crippen LogP contribution in [-0.4, -0.2) is 29.3 Å². The summed E-state index contributed by atoms with van der Waals surface area (Å²) in [6, 6.07) is 4.64. The van der Waals surface area contributed by atoms with Crippen LogP contribution in [0.5, 0.6) is 0 Å². The molecule has 4 nitrogen and oxygen atoms in total. The molecular formula is C14H16Cl2N2O2. The Morgan fingerprint density at radius 2 is 2.15 bits per heavy atom. The Hall–Kier alpha value is -1.26. The van der Waals surface area contributed by atoms with Gasteiger partial charge in [0.2, 0.25) is 0 Å². The normalized spacial score (nSPS) is 18.1. The Labute approximate surface area is 128 Å². The summed E-state index contributed by atoms with van der Waals surface area (Å²) in [5, 5.41) is 3.70. The zero-order valence-electron chi connectivity index (χ0n) is 11.2. The molecule has 0 bridgehead atoms. The van der Waals surface area contributed by atoms with Crippen molar-refractivity contribution in [2.24, 2.45) is 0 Å². The molecule has 1 aliphatic rings. The number of ketones is 1. The van der Waals surface area contributed by atoms with Crippen LogP contribution in [0.25, 0.3) is 0 Å². The van der Waals surface area contributed by atoms with E-state index < -0.39 is 0 Å². The van der Waals surface area contributed by atoms with E-state index >= 15 is 0 Å². The van der Waals surface area contributed by atoms with Crippen LogP contribution in [0, 0.1) is 0 Å². The summed E-state index contributed by atoms with van der Waals surface area (Å²) in [6.07, 6.45) is 2.17. The smallest absolute Gasteiger partial charge is 0.321 e. The summed E-state index contributed by atoms with van der Waals surface area (Å²) in [6.45, 7) is 2.20. The van der Waals surface area contributed by atoms with Gasteiger partial charge >= 0.3 is 6.03 Å². The lowest BCUT2D eigenvalue weighted by Crippen LogP contribution is -2.39. The number of rotatable bonds is 3. The van der Waals surface area contributed by atoms with E-state index in [4.69, 9.17) is 23.2 Å². The molecule has 1 aliphatic heterocycles. The standard InChI is InChI=1S/C14H16Cl2N2O2/c1-9(19)7-11-3-2-6-18(11)14(20)17-13-8-10(15)4-5-12(13)16/h4-5,8,11H,2-3,6-7H2,1H3,(H,17,20). The van der Waals surface area contributed by atoms with Gasteiger partial charge in [0, 0.05) is 24.0 Å². The third-order valence-electron chi connectivity index (χ3n) is 3.33. The molecule has 0 radical (unpaired) electrons. The maximum atomic E-state index is 12.3. The first kappa shape index (κ1) is 15.1. The minimum atomic E-state index is -0.238. The van der Waals surface area contributed by atoms with Crippen molar-refractivity contribution in [3.8, 4) is 0 Å². The van der Waals surface area contributed by atoms with Crippen molar-refractivity contribution in [3.05, 3.63) is 28.2 Å². The Bertz CT molecular complexity index is 534. The van der Waals surface area contributed by atoms with E-state index in [-0.39, 0.29) is 17.9 Å². The number of Topliss-reactive ketones (excluding diaryl/α,β-unsaturated/α-hetero) is 1. The summed E-state index contributed by atoms with van der Waals surface area (Å²) in [5.41, 5.74) is 0.484. The van der Waals surface area contributed by atoms with E-state index in [1.807, 2.05) is 0 Å². The predicted octanol–water partition coefficient (Wildman–Crippen LogP) is 3.97. The third-order valence-corrected chi connectivity index (χ3v) is 3.90. The van der Waals surface area contributed by atoms with Crippen LogP contribution in [0.4, 0.5) is 10.5 Å². The van der Waals surface area contributed by atoms with Crippen LogP contribution in [0.1, 0.15) is 26.2 Å². The van der Waals surface area contributed by atoms with E-state index in [1.165, 1.54) is 0 Å². The molecular weight excluding hydrogens is 299 g/mol. The SMILES string of the molecule is CC(=O)CC1CCCN1C(=O)Nc1cc(Cl)ccc1Cl. The highest BCUT2D eigenvalue weighted by Gasteiger charge is 2.29. The minimum Gasteiger partial charge on any atom is -0.321 e. The fraction of sp³-hybridized carbons (Fsp3) is 0.429. The average molecular weight is 315 g/mol. The number of anilines is 1. The molecule has 0 spiro atoms. The van der Waals surface area contributed by atoms with Gasteiger partial charge in [0.05, 0.1) is 10.7 Å². The first-order chi connectivity index (χ1) is 9.47. The Morgan fingerprint density at radius 3 is 2.85 bits per heavy atom. The molecule has 1 heterocycles. The highest BCUT2D eigenvalue weighted by Crippen LogP contribution is 2.27. The van der Waals surface area contributed by atoms with Crippen LogP contribution in [0.15, 0.2) is 18.2 Å². The Kier molecular flexibility index (Phi) is 4.89. The first-order valence-electron chi connectivity index (χ1n) is 6.49. The first-order valence-corrected chi connectivity index (χ1v) is 7.25. The molecule has 1 aromatic rings. The van der Waals surface area contributed by atoms with Gasteiger partial charge in [0.1, 0.15) is 5.78 Å². The quantitative estimate of drug-likeness (QED) is 0.917. The summed E-state index contributed by atoms with van der Waals surface area (Å²) in [4.78, 5) is 25.2. The van der Waals surface area contributed by atoms with Crippen molar-refractivity contribution in [1.82, 2.24) is 4.90 Å². The zero-order valence-corrected chi connectivity index (χ0v) is 12.7. The van der Waals surface area contributed by atoms with Gasteiger partial charge in [0.15, 0.2) is 0 Å². The second-order valence-electron chi connectivity index (χ2n) is 4.95. The highest BCUT2D eigenvalue weighted by atomic mass is 35.5. The number of carbonyl (C=O) groups is 2. The number of hydrogen-bond donors (Lipinski definition) is 1. The van der Waals surface area contributed by atoms with E-state index in [1.54, 1.807) is 30.0 Å². The Balaban J connectivity index is 2.07. The van der Waals surface area contributed by atoms with Gasteiger partial charge in [-0.2, -0.15) is 0 Å². The number of halogens is 2. The highest BCUT2D eigenvalue weighted by molar-refractivity contribution is 6.35. The molecule has 2 amide bonds. The van der Waals surface area contributed by atoms with Crippen molar-refractivity contribution in [3.63, 3.8) is 0 Å². The number of hydrogen-bond acceptors (Lipinski definition) is 2. The number of nitrogens with one attached hydrogen (secondary N) is 1. The van der Waals surface area contributed by atoms with Crippen LogP contribution in [0.2, 0.25) is 10.0 Å². The Morgan fingerprint density at radius 1 is 1.40 bits per heavy atom. The van der Waals surface area contributed by atoms with Gasteiger partial charge in [-0.3, -0.25) is 4.79 Å². The minimum absolute atomic E-state index is 0.0227. The summed E-state index contributed by atoms with van der Waals surface area (Å²) in [5.74, 6) is 0.0930. The van der Waals surface area contributed by atoms with Crippen molar-refractivity contribution >= 4 is 40.7 Å². The van der Waals surface area contributed by atoms with Crippen LogP contribution in [0.3, 0.4) is 0 Å². The number of amides is 2. The molecule has 20 heavy (non-hydrogen) atoms. The molecule has 1 unspecified atom stereocenters. The second-order valence-corrected chi connectivity index (χ2v) is 5.79. The third kappa shape index (κ3) is 3.64. The van der Waals surface area contributed by atoms with Gasteiger partial charge in [-0.05, 0) is 38.0 Å². The van der Waals surface area contributed by atoms with E-state index in [9.17, 15) is 9.59 Å². The fourth-order valence-corrected chi connectivity index (χ4v) is 2.76. The fourth-order valence-electron chi connectivity index (χ4n) is 2.43. The summed E-state index contributed by atoms with van der Waals surface area (Å²) in [7, 11) is 0. The largest absolute Gasteiger partial charge is 0.322 e. The van der Waals surface area contributed by atoms with Crippen molar-refractivity contribution < 1.29 is 9.59 Å². The van der Waals surface area contributed by atoms with Crippen LogP contribution in [-0.2, 0) is 4.79 Å². The number of likely N-dealkylation sites (tertiary alicyclic amines) is 1. The number of carbonyl (C=O) groups excluding carboxylic acids is 2. The lowest BCUT2D eigenvalue weighted by molar-refractivity contribution is -0.117. The van der Waals surface area contributed by atoms with Crippen molar-refractivity contribution in [2.75, 3.05) is 11.9 Å². The topological polar surface area (TPSA) is 49.4 Å². The van der Waals surface area contributed by atoms with Gasteiger partial charge in [-0.25, -0.2) is 4.79 Å². The van der Waals surface area contributed by atoms with E-state index in [0.717, 1.165) is 12.8 Å². The van der Waals surface area contributed by atoms with Gasteiger partial charge in [-0.1, -0.05) is 23.2 Å². The van der Waals surface area contributed by atoms with E-state index in [2.05, 4.69) is 5.32 Å². The summed E-state index contributed by atoms with van der Waals surface area (Å²) < 4.78 is 0. The molecule has 0 aromatic heterocycles. The van der Waals surface area contributed by atoms with Crippen molar-refractivity contribution in [1.29, 1.82) is 0 Å². The maximum Gasteiger partial charge on any atom is 0.322 e. The van der Waals surface area contributed by atoms with E-state index in [0.29, 0.717) is 28.7 Å². The number of urea groups is 1. The molecule has 1 N–H and O–H groups in total. The van der Waals surface area contributed by atoms with Crippen LogP contribution >= 0.6 is 23.2 Å². The molecule has 1 fully saturated rings. The average Bonchev–Trinajstić information content (AvgIpc) is 2.81. The molecule has 0 aliphatic carbocycles. The van der Waals surface area contributed by atoms with Gasteiger partial charge in [-0.15, -0.1) is 0 Å². The molecule has 2 rings (SSSR count). The molecule has 6 heteroatoms. The molecule has 1 atom stereocenters. The molecule has 0 saturated carbocycles. The van der Waals surface area contributed by atoms with Gasteiger partial charge < -0.3 is 10.2 Å².